The number of halogens is 2. The SMILES string of the molecule is C=CC(=O)CC(c1ccc(F)cc1)N1CC(C)OC(C)C1.Cl. The maximum absolute atomic E-state index is 13.1. The lowest BCUT2D eigenvalue weighted by Crippen LogP contribution is -2.47. The van der Waals surface area contributed by atoms with E-state index in [4.69, 9.17) is 4.74 Å². The Labute approximate surface area is 137 Å². The first-order chi connectivity index (χ1) is 9.99. The summed E-state index contributed by atoms with van der Waals surface area (Å²) in [5, 5.41) is 0. The summed E-state index contributed by atoms with van der Waals surface area (Å²) in [6.45, 7) is 9.12. The van der Waals surface area contributed by atoms with E-state index >= 15 is 0 Å². The number of ether oxygens (including phenoxy) is 1. The van der Waals surface area contributed by atoms with Gasteiger partial charge in [-0.25, -0.2) is 4.39 Å². The average Bonchev–Trinajstić information content (AvgIpc) is 2.44. The third-order valence-corrected chi connectivity index (χ3v) is 3.77. The minimum atomic E-state index is -0.267. The van der Waals surface area contributed by atoms with Gasteiger partial charge in [0.25, 0.3) is 0 Å². The lowest BCUT2D eigenvalue weighted by Gasteiger charge is -2.40. The van der Waals surface area contributed by atoms with Crippen LogP contribution in [0.4, 0.5) is 4.39 Å². The van der Waals surface area contributed by atoms with E-state index in [2.05, 4.69) is 11.5 Å². The summed E-state index contributed by atoms with van der Waals surface area (Å²) in [7, 11) is 0. The highest BCUT2D eigenvalue weighted by Crippen LogP contribution is 2.28. The fraction of sp³-hybridized carbons (Fsp3) is 0.471. The third kappa shape index (κ3) is 4.90. The van der Waals surface area contributed by atoms with Gasteiger partial charge in [0.1, 0.15) is 5.82 Å². The van der Waals surface area contributed by atoms with Crippen LogP contribution in [0.5, 0.6) is 0 Å². The number of ketones is 1. The van der Waals surface area contributed by atoms with E-state index in [0.717, 1.165) is 18.7 Å². The molecule has 3 nitrogen and oxygen atoms in total. The second-order valence-corrected chi connectivity index (χ2v) is 5.65. The molecule has 1 aliphatic rings. The normalized spacial score (nSPS) is 23.4. The molecule has 0 aliphatic carbocycles. The number of carbonyl (C=O) groups excluding carboxylic acids is 1. The molecular weight excluding hydrogens is 305 g/mol. The minimum Gasteiger partial charge on any atom is -0.373 e. The molecule has 22 heavy (non-hydrogen) atoms. The van der Waals surface area contributed by atoms with Gasteiger partial charge in [0.15, 0.2) is 5.78 Å². The molecule has 0 radical (unpaired) electrons. The Balaban J connectivity index is 0.00000242. The predicted molar refractivity (Wildman–Crippen MR) is 87.8 cm³/mol. The second-order valence-electron chi connectivity index (χ2n) is 5.65. The number of nitrogens with zero attached hydrogens (tertiary/aromatic N) is 1. The summed E-state index contributed by atoms with van der Waals surface area (Å²) in [5.74, 6) is -0.271. The molecule has 0 amide bonds. The Kier molecular flexibility index (Phi) is 7.20. The van der Waals surface area contributed by atoms with Crippen LogP contribution >= 0.6 is 12.4 Å². The molecule has 1 saturated heterocycles. The number of hydrogen-bond donors (Lipinski definition) is 0. The molecule has 1 aromatic rings. The van der Waals surface area contributed by atoms with E-state index in [9.17, 15) is 9.18 Å². The van der Waals surface area contributed by atoms with Crippen molar-refractivity contribution in [2.24, 2.45) is 0 Å². The average molecular weight is 328 g/mol. The molecule has 1 aliphatic heterocycles. The largest absolute Gasteiger partial charge is 0.373 e. The first kappa shape index (κ1) is 18.8. The summed E-state index contributed by atoms with van der Waals surface area (Å²) >= 11 is 0. The molecule has 0 bridgehead atoms. The summed E-state index contributed by atoms with van der Waals surface area (Å²) in [6.07, 6.45) is 1.95. The minimum absolute atomic E-state index is 0. The van der Waals surface area contributed by atoms with Crippen LogP contribution in [0.15, 0.2) is 36.9 Å². The van der Waals surface area contributed by atoms with Crippen molar-refractivity contribution < 1.29 is 13.9 Å². The number of carbonyl (C=O) groups is 1. The van der Waals surface area contributed by atoms with Crippen molar-refractivity contribution in [2.75, 3.05) is 13.1 Å². The van der Waals surface area contributed by atoms with Gasteiger partial charge in [-0.2, -0.15) is 0 Å². The van der Waals surface area contributed by atoms with Crippen molar-refractivity contribution in [3.63, 3.8) is 0 Å². The molecule has 0 aromatic heterocycles. The van der Waals surface area contributed by atoms with Gasteiger partial charge in [0.2, 0.25) is 0 Å². The molecular formula is C17H23ClFNO2. The molecule has 1 heterocycles. The first-order valence-electron chi connectivity index (χ1n) is 7.30. The van der Waals surface area contributed by atoms with Crippen molar-refractivity contribution >= 4 is 18.2 Å². The summed E-state index contributed by atoms with van der Waals surface area (Å²) in [6, 6.07) is 6.31. The fourth-order valence-electron chi connectivity index (χ4n) is 2.89. The maximum Gasteiger partial charge on any atom is 0.157 e. The van der Waals surface area contributed by atoms with E-state index in [1.807, 2.05) is 13.8 Å². The van der Waals surface area contributed by atoms with Crippen LogP contribution in [0.1, 0.15) is 31.9 Å². The van der Waals surface area contributed by atoms with Gasteiger partial charge in [0, 0.05) is 25.6 Å². The molecule has 0 saturated carbocycles. The molecule has 0 N–H and O–H groups in total. The van der Waals surface area contributed by atoms with Crippen LogP contribution in [0.3, 0.4) is 0 Å². The summed E-state index contributed by atoms with van der Waals surface area (Å²) in [5.41, 5.74) is 0.952. The van der Waals surface area contributed by atoms with Crippen molar-refractivity contribution in [3.05, 3.63) is 48.3 Å². The van der Waals surface area contributed by atoms with Crippen molar-refractivity contribution in [1.82, 2.24) is 4.90 Å². The molecule has 122 valence electrons. The lowest BCUT2D eigenvalue weighted by atomic mass is 9.98. The number of morpholine rings is 1. The van der Waals surface area contributed by atoms with Crippen LogP contribution < -0.4 is 0 Å². The van der Waals surface area contributed by atoms with Crippen molar-refractivity contribution in [3.8, 4) is 0 Å². The molecule has 1 fully saturated rings. The third-order valence-electron chi connectivity index (χ3n) is 3.77. The van der Waals surface area contributed by atoms with Gasteiger partial charge in [-0.3, -0.25) is 9.69 Å². The van der Waals surface area contributed by atoms with E-state index in [1.54, 1.807) is 12.1 Å². The Morgan fingerprint density at radius 3 is 2.41 bits per heavy atom. The fourth-order valence-corrected chi connectivity index (χ4v) is 2.89. The summed E-state index contributed by atoms with van der Waals surface area (Å²) < 4.78 is 18.9. The zero-order valence-electron chi connectivity index (χ0n) is 13.0. The van der Waals surface area contributed by atoms with Crippen LogP contribution in [0.2, 0.25) is 0 Å². The molecule has 5 heteroatoms. The molecule has 0 spiro atoms. The van der Waals surface area contributed by atoms with Gasteiger partial charge in [-0.05, 0) is 37.6 Å². The Bertz CT molecular complexity index is 496. The molecule has 3 atom stereocenters. The number of rotatable bonds is 5. The van der Waals surface area contributed by atoms with Gasteiger partial charge in [-0.1, -0.05) is 18.7 Å². The van der Waals surface area contributed by atoms with E-state index in [1.165, 1.54) is 18.2 Å². The summed E-state index contributed by atoms with van der Waals surface area (Å²) in [4.78, 5) is 14.1. The van der Waals surface area contributed by atoms with E-state index in [-0.39, 0.29) is 42.3 Å². The maximum atomic E-state index is 13.1. The van der Waals surface area contributed by atoms with Crippen LogP contribution in [0.25, 0.3) is 0 Å². The second kappa shape index (κ2) is 8.42. The van der Waals surface area contributed by atoms with Gasteiger partial charge in [0.05, 0.1) is 12.2 Å². The predicted octanol–water partition coefficient (Wildman–Crippen LogP) is 3.54. The Hall–Kier alpha value is -1.23. The molecule has 2 rings (SSSR count). The topological polar surface area (TPSA) is 29.5 Å². The highest BCUT2D eigenvalue weighted by molar-refractivity contribution is 5.89. The Morgan fingerprint density at radius 1 is 1.36 bits per heavy atom. The van der Waals surface area contributed by atoms with E-state index in [0.29, 0.717) is 6.42 Å². The monoisotopic (exact) mass is 327 g/mol. The van der Waals surface area contributed by atoms with Gasteiger partial charge in [-0.15, -0.1) is 12.4 Å². The zero-order chi connectivity index (χ0) is 15.4. The molecule has 1 aromatic carbocycles. The highest BCUT2D eigenvalue weighted by atomic mass is 35.5. The number of hydrogen-bond acceptors (Lipinski definition) is 3. The van der Waals surface area contributed by atoms with Gasteiger partial charge < -0.3 is 4.74 Å². The highest BCUT2D eigenvalue weighted by Gasteiger charge is 2.29. The smallest absolute Gasteiger partial charge is 0.157 e. The standard InChI is InChI=1S/C17H22FNO2.ClH/c1-4-16(20)9-17(14-5-7-15(18)8-6-14)19-10-12(2)21-13(3)11-19;/h4-8,12-13,17H,1,9-11H2,2-3H3;1H. The number of benzene rings is 1. The van der Waals surface area contributed by atoms with Gasteiger partial charge >= 0.3 is 0 Å². The van der Waals surface area contributed by atoms with Crippen LogP contribution in [-0.4, -0.2) is 36.0 Å². The van der Waals surface area contributed by atoms with E-state index < -0.39 is 0 Å². The first-order valence-corrected chi connectivity index (χ1v) is 7.30. The van der Waals surface area contributed by atoms with Crippen molar-refractivity contribution in [2.45, 2.75) is 38.5 Å². The van der Waals surface area contributed by atoms with Crippen LogP contribution in [-0.2, 0) is 9.53 Å². The van der Waals surface area contributed by atoms with Crippen molar-refractivity contribution in [1.29, 1.82) is 0 Å². The van der Waals surface area contributed by atoms with Crippen LogP contribution in [0, 0.1) is 5.82 Å². The number of allylic oxidation sites excluding steroid dienone is 1. The molecule has 3 unspecified atom stereocenters. The lowest BCUT2D eigenvalue weighted by molar-refractivity contribution is -0.118. The zero-order valence-corrected chi connectivity index (χ0v) is 13.8. The Morgan fingerprint density at radius 2 is 1.91 bits per heavy atom. The quantitative estimate of drug-likeness (QED) is 0.775.